The first kappa shape index (κ1) is 19.9. The van der Waals surface area contributed by atoms with Gasteiger partial charge in [-0.15, -0.1) is 0 Å². The monoisotopic (exact) mass is 440 g/mol. The number of hydrogen-bond acceptors (Lipinski definition) is 5. The molecule has 9 heteroatoms. The van der Waals surface area contributed by atoms with Crippen molar-refractivity contribution in [3.05, 3.63) is 26.7 Å². The highest BCUT2D eigenvalue weighted by Crippen LogP contribution is 2.32. The zero-order valence-corrected chi connectivity index (χ0v) is 17.1. The van der Waals surface area contributed by atoms with Crippen LogP contribution >= 0.6 is 15.9 Å². The first-order chi connectivity index (χ1) is 13.1. The number of rotatable bonds is 8. The number of aromatic nitrogens is 4. The average molecular weight is 441 g/mol. The number of aryl methyl sites for hydroxylation is 1. The molecule has 0 aromatic carbocycles. The van der Waals surface area contributed by atoms with E-state index in [4.69, 9.17) is 4.74 Å². The number of halogens is 1. The lowest BCUT2D eigenvalue weighted by Crippen LogP contribution is -2.40. The van der Waals surface area contributed by atoms with Crippen LogP contribution in [0.2, 0.25) is 0 Å². The highest BCUT2D eigenvalue weighted by Gasteiger charge is 2.23. The fraction of sp³-hybridized carbons (Fsp3) is 0.667. The molecule has 0 unspecified atom stereocenters. The second-order valence-electron chi connectivity index (χ2n) is 6.90. The molecule has 0 spiro atoms. The van der Waals surface area contributed by atoms with E-state index in [0.29, 0.717) is 43.0 Å². The van der Waals surface area contributed by atoms with Gasteiger partial charge in [0.15, 0.2) is 5.65 Å². The summed E-state index contributed by atoms with van der Waals surface area (Å²) in [6.07, 6.45) is 5.59. The van der Waals surface area contributed by atoms with Crippen molar-refractivity contribution >= 4 is 33.1 Å². The van der Waals surface area contributed by atoms with E-state index >= 15 is 0 Å². The van der Waals surface area contributed by atoms with Crippen LogP contribution in [0.5, 0.6) is 0 Å². The maximum absolute atomic E-state index is 12.9. The first-order valence-corrected chi connectivity index (χ1v) is 10.6. The normalized spacial score (nSPS) is 14.9. The van der Waals surface area contributed by atoms with Crippen molar-refractivity contribution in [1.82, 2.24) is 19.1 Å². The molecule has 2 heterocycles. The fourth-order valence-corrected chi connectivity index (χ4v) is 3.81. The Bertz CT molecular complexity index is 924. The van der Waals surface area contributed by atoms with Crippen LogP contribution in [0.1, 0.15) is 57.2 Å². The summed E-state index contributed by atoms with van der Waals surface area (Å²) in [5.74, 6) is 0.777. The number of esters is 1. The third-order valence-corrected chi connectivity index (χ3v) is 5.42. The van der Waals surface area contributed by atoms with Gasteiger partial charge in [-0.25, -0.2) is 9.78 Å². The Balaban J connectivity index is 1.96. The van der Waals surface area contributed by atoms with Gasteiger partial charge in [-0.05, 0) is 25.7 Å². The second-order valence-corrected chi connectivity index (χ2v) is 7.46. The lowest BCUT2D eigenvalue weighted by molar-refractivity contribution is -0.140. The molecular weight excluding hydrogens is 416 g/mol. The highest BCUT2D eigenvalue weighted by molar-refractivity contribution is 9.09. The van der Waals surface area contributed by atoms with Gasteiger partial charge in [0.05, 0.1) is 6.61 Å². The number of nitrogens with one attached hydrogen (secondary N) is 1. The SMILES string of the molecule is CCCn1c(=O)c2[nH]c(C3CCCC3)nc2n(CCCOC(=O)CBr)c1=O. The predicted octanol–water partition coefficient (Wildman–Crippen LogP) is 2.28. The molecule has 1 aliphatic carbocycles. The summed E-state index contributed by atoms with van der Waals surface area (Å²) < 4.78 is 7.85. The van der Waals surface area contributed by atoms with Crippen LogP contribution in [0, 0.1) is 0 Å². The van der Waals surface area contributed by atoms with Crippen LogP contribution < -0.4 is 11.2 Å². The Hall–Kier alpha value is -1.90. The first-order valence-electron chi connectivity index (χ1n) is 9.51. The number of H-pyrrole nitrogens is 1. The molecule has 8 nitrogen and oxygen atoms in total. The number of hydrogen-bond donors (Lipinski definition) is 1. The summed E-state index contributed by atoms with van der Waals surface area (Å²) in [6, 6.07) is 0. The third-order valence-electron chi connectivity index (χ3n) is 4.97. The van der Waals surface area contributed by atoms with E-state index in [2.05, 4.69) is 25.9 Å². The molecule has 27 heavy (non-hydrogen) atoms. The van der Waals surface area contributed by atoms with E-state index in [9.17, 15) is 14.4 Å². The maximum Gasteiger partial charge on any atom is 0.332 e. The number of imidazole rings is 1. The van der Waals surface area contributed by atoms with Crippen LogP contribution in [0.4, 0.5) is 0 Å². The van der Waals surface area contributed by atoms with Crippen LogP contribution in [0.3, 0.4) is 0 Å². The number of carbonyl (C=O) groups is 1. The van der Waals surface area contributed by atoms with Crippen LogP contribution in [0.25, 0.3) is 11.2 Å². The summed E-state index contributed by atoms with van der Waals surface area (Å²) in [4.78, 5) is 44.7. The molecular formula is C18H25BrN4O4. The molecule has 3 rings (SSSR count). The molecule has 0 radical (unpaired) electrons. The van der Waals surface area contributed by atoms with Crippen LogP contribution in [-0.2, 0) is 22.6 Å². The number of aromatic amines is 1. The fourth-order valence-electron chi connectivity index (χ4n) is 3.65. The van der Waals surface area contributed by atoms with Gasteiger partial charge in [0, 0.05) is 19.0 Å². The van der Waals surface area contributed by atoms with Crippen LogP contribution in [-0.4, -0.2) is 37.0 Å². The lowest BCUT2D eigenvalue weighted by Gasteiger charge is -2.10. The van der Waals surface area contributed by atoms with Gasteiger partial charge in [-0.1, -0.05) is 35.7 Å². The van der Waals surface area contributed by atoms with Gasteiger partial charge >= 0.3 is 11.7 Å². The van der Waals surface area contributed by atoms with Gasteiger partial charge in [-0.3, -0.25) is 18.7 Å². The minimum atomic E-state index is -0.356. The number of nitrogens with zero attached hydrogens (tertiary/aromatic N) is 3. The molecule has 0 aliphatic heterocycles. The topological polar surface area (TPSA) is 99.0 Å². The smallest absolute Gasteiger partial charge is 0.332 e. The number of carbonyl (C=O) groups excluding carboxylic acids is 1. The molecule has 1 fully saturated rings. The molecule has 1 saturated carbocycles. The zero-order chi connectivity index (χ0) is 19.4. The predicted molar refractivity (Wildman–Crippen MR) is 105 cm³/mol. The summed E-state index contributed by atoms with van der Waals surface area (Å²) in [6.45, 7) is 2.84. The molecule has 2 aromatic heterocycles. The van der Waals surface area contributed by atoms with E-state index in [1.165, 1.54) is 9.13 Å². The Morgan fingerprint density at radius 2 is 2.00 bits per heavy atom. The Labute approximate surface area is 165 Å². The summed E-state index contributed by atoms with van der Waals surface area (Å²) in [5.41, 5.74) is 0.134. The Morgan fingerprint density at radius 3 is 2.67 bits per heavy atom. The second kappa shape index (κ2) is 8.86. The van der Waals surface area contributed by atoms with Crippen LogP contribution in [0.15, 0.2) is 9.59 Å². The Kier molecular flexibility index (Phi) is 6.51. The largest absolute Gasteiger partial charge is 0.465 e. The van der Waals surface area contributed by atoms with E-state index in [0.717, 1.165) is 31.5 Å². The van der Waals surface area contributed by atoms with E-state index in [1.807, 2.05) is 6.92 Å². The minimum Gasteiger partial charge on any atom is -0.465 e. The molecule has 0 bridgehead atoms. The lowest BCUT2D eigenvalue weighted by atomic mass is 10.1. The van der Waals surface area contributed by atoms with Crippen molar-refractivity contribution in [2.75, 3.05) is 11.9 Å². The quantitative estimate of drug-likeness (QED) is 0.385. The maximum atomic E-state index is 12.9. The third kappa shape index (κ3) is 4.17. The summed E-state index contributed by atoms with van der Waals surface area (Å²) in [7, 11) is 0. The average Bonchev–Trinajstić information content (AvgIpc) is 3.33. The molecule has 0 amide bonds. The molecule has 1 aliphatic rings. The van der Waals surface area contributed by atoms with Gasteiger partial charge in [0.1, 0.15) is 16.7 Å². The molecule has 0 atom stereocenters. The van der Waals surface area contributed by atoms with E-state index in [1.54, 1.807) is 0 Å². The minimum absolute atomic E-state index is 0.142. The van der Waals surface area contributed by atoms with Crippen molar-refractivity contribution < 1.29 is 9.53 Å². The van der Waals surface area contributed by atoms with E-state index in [-0.39, 0.29) is 29.2 Å². The van der Waals surface area contributed by atoms with Crippen molar-refractivity contribution in [1.29, 1.82) is 0 Å². The van der Waals surface area contributed by atoms with Crippen molar-refractivity contribution in [3.63, 3.8) is 0 Å². The molecule has 0 saturated heterocycles. The number of ether oxygens (including phenoxy) is 1. The zero-order valence-electron chi connectivity index (χ0n) is 15.5. The van der Waals surface area contributed by atoms with Gasteiger partial charge in [0.2, 0.25) is 0 Å². The highest BCUT2D eigenvalue weighted by atomic mass is 79.9. The van der Waals surface area contributed by atoms with Gasteiger partial charge in [-0.2, -0.15) is 0 Å². The molecule has 148 valence electrons. The van der Waals surface area contributed by atoms with E-state index < -0.39 is 0 Å². The van der Waals surface area contributed by atoms with Crippen molar-refractivity contribution in [2.45, 2.75) is 64.5 Å². The number of alkyl halides is 1. The van der Waals surface area contributed by atoms with Crippen molar-refractivity contribution in [2.24, 2.45) is 0 Å². The van der Waals surface area contributed by atoms with Gasteiger partial charge in [0.25, 0.3) is 5.56 Å². The molecule has 1 N–H and O–H groups in total. The Morgan fingerprint density at radius 1 is 1.26 bits per heavy atom. The summed E-state index contributed by atoms with van der Waals surface area (Å²) in [5, 5.41) is 0.142. The molecule has 2 aromatic rings. The van der Waals surface area contributed by atoms with Crippen molar-refractivity contribution in [3.8, 4) is 0 Å². The summed E-state index contributed by atoms with van der Waals surface area (Å²) >= 11 is 3.04. The van der Waals surface area contributed by atoms with Gasteiger partial charge < -0.3 is 9.72 Å². The number of fused-ring (bicyclic) bond motifs is 1. The standard InChI is InChI=1S/C18H25BrN4O4/c1-2-8-23-17(25)14-16(21-15(20-14)12-6-3-4-7-12)22(18(23)26)9-5-10-27-13(24)11-19/h12H,2-11H2,1H3,(H,20,21).